The number of aryl methyl sites for hydroxylation is 2. The van der Waals surface area contributed by atoms with Crippen molar-refractivity contribution in [2.24, 2.45) is 0 Å². The van der Waals surface area contributed by atoms with Gasteiger partial charge in [0, 0.05) is 18.5 Å². The highest BCUT2D eigenvalue weighted by molar-refractivity contribution is 7.47. The minimum absolute atomic E-state index is 0.155. The topological polar surface area (TPSA) is 181 Å². The molecule has 0 aromatic heterocycles. The van der Waals surface area contributed by atoms with Gasteiger partial charge in [0.2, 0.25) is 5.91 Å². The lowest BCUT2D eigenvalue weighted by Crippen LogP contribution is -2.43. The highest BCUT2D eigenvalue weighted by Gasteiger charge is 2.28. The number of aliphatic carboxylic acids is 1. The monoisotopic (exact) mass is 678 g/mol. The van der Waals surface area contributed by atoms with E-state index < -0.39 is 45.1 Å². The molecule has 0 spiro atoms. The number of hydrogen-bond acceptors (Lipinski definition) is 8. The van der Waals surface area contributed by atoms with Crippen LogP contribution in [0.4, 0.5) is 0 Å². The number of benzene rings is 2. The van der Waals surface area contributed by atoms with Gasteiger partial charge in [0.25, 0.3) is 5.91 Å². The number of hydrogen-bond donors (Lipinski definition) is 5. The lowest BCUT2D eigenvalue weighted by Gasteiger charge is -2.19. The second kappa shape index (κ2) is 22.3. The van der Waals surface area contributed by atoms with E-state index in [2.05, 4.69) is 17.6 Å². The molecule has 2 amide bonds. The largest absolute Gasteiger partial charge is 0.494 e. The summed E-state index contributed by atoms with van der Waals surface area (Å²) < 4.78 is 27.6. The first-order chi connectivity index (χ1) is 22.5. The molecule has 0 radical (unpaired) electrons. The van der Waals surface area contributed by atoms with Gasteiger partial charge in [0.15, 0.2) is 6.04 Å². The number of carboxylic acid groups (broad SMARTS) is 1. The molecule has 0 bridgehead atoms. The van der Waals surface area contributed by atoms with Crippen molar-refractivity contribution in [2.75, 3.05) is 26.4 Å². The van der Waals surface area contributed by atoms with Crippen molar-refractivity contribution in [2.45, 2.75) is 96.6 Å². The number of carbonyl (C=O) groups excluding carboxylic acids is 2. The first-order valence-electron chi connectivity index (χ1n) is 16.4. The van der Waals surface area contributed by atoms with E-state index in [1.165, 1.54) is 57.1 Å². The van der Waals surface area contributed by atoms with Crippen LogP contribution in [-0.4, -0.2) is 71.4 Å². The Hall–Kier alpha value is -3.28. The smallest absolute Gasteiger partial charge is 0.472 e. The molecule has 13 heteroatoms. The third-order valence-electron chi connectivity index (χ3n) is 7.34. The lowest BCUT2D eigenvalue weighted by molar-refractivity contribution is -0.140. The predicted octanol–water partition coefficient (Wildman–Crippen LogP) is 5.33. The summed E-state index contributed by atoms with van der Waals surface area (Å²) in [5, 5.41) is 24.3. The van der Waals surface area contributed by atoms with Crippen LogP contribution in [0, 0.1) is 6.92 Å². The summed E-state index contributed by atoms with van der Waals surface area (Å²) in [6.07, 6.45) is 10.5. The molecular formula is C34H51N2O10P. The quantitative estimate of drug-likeness (QED) is 0.0680. The predicted molar refractivity (Wildman–Crippen MR) is 178 cm³/mol. The number of phosphoric acid groups is 1. The van der Waals surface area contributed by atoms with Crippen LogP contribution >= 0.6 is 7.82 Å². The number of amides is 2. The summed E-state index contributed by atoms with van der Waals surface area (Å²) in [6, 6.07) is 12.3. The molecule has 0 aliphatic heterocycles. The van der Waals surface area contributed by atoms with Crippen molar-refractivity contribution < 1.29 is 47.8 Å². The Kier molecular flexibility index (Phi) is 18.9. The minimum atomic E-state index is -4.79. The van der Waals surface area contributed by atoms with E-state index in [1.54, 1.807) is 12.1 Å². The van der Waals surface area contributed by atoms with Gasteiger partial charge in [-0.3, -0.25) is 18.6 Å². The van der Waals surface area contributed by atoms with E-state index in [1.807, 2.05) is 31.2 Å². The van der Waals surface area contributed by atoms with Gasteiger partial charge in [0.1, 0.15) is 5.75 Å². The van der Waals surface area contributed by atoms with Crippen molar-refractivity contribution in [3.63, 3.8) is 0 Å². The number of rotatable bonds is 25. The molecule has 262 valence electrons. The summed E-state index contributed by atoms with van der Waals surface area (Å²) in [4.78, 5) is 46.1. The van der Waals surface area contributed by atoms with Gasteiger partial charge in [-0.25, -0.2) is 9.36 Å². The van der Waals surface area contributed by atoms with Gasteiger partial charge in [-0.15, -0.1) is 0 Å². The van der Waals surface area contributed by atoms with Gasteiger partial charge >= 0.3 is 13.8 Å². The van der Waals surface area contributed by atoms with Gasteiger partial charge in [-0.05, 0) is 49.6 Å². The third-order valence-corrected chi connectivity index (χ3v) is 8.29. The number of aliphatic hydroxyl groups excluding tert-OH is 1. The summed E-state index contributed by atoms with van der Waals surface area (Å²) in [6.45, 7) is 2.93. The van der Waals surface area contributed by atoms with Crippen LogP contribution in [0.1, 0.15) is 92.6 Å². The average Bonchev–Trinajstić information content (AvgIpc) is 3.05. The van der Waals surface area contributed by atoms with E-state index in [0.717, 1.165) is 29.7 Å². The number of ether oxygens (including phenoxy) is 1. The number of nitrogens with one attached hydrogen (secondary N) is 2. The summed E-state index contributed by atoms with van der Waals surface area (Å²) in [5.74, 6) is -1.76. The van der Waals surface area contributed by atoms with Crippen molar-refractivity contribution in [3.05, 3.63) is 65.2 Å². The Balaban J connectivity index is 1.62. The van der Waals surface area contributed by atoms with Crippen molar-refractivity contribution >= 4 is 25.6 Å². The fourth-order valence-corrected chi connectivity index (χ4v) is 5.31. The van der Waals surface area contributed by atoms with Crippen LogP contribution in [0.3, 0.4) is 0 Å². The van der Waals surface area contributed by atoms with E-state index >= 15 is 0 Å². The van der Waals surface area contributed by atoms with Gasteiger partial charge in [-0.1, -0.05) is 88.1 Å². The molecule has 47 heavy (non-hydrogen) atoms. The maximum absolute atomic E-state index is 12.3. The first-order valence-corrected chi connectivity index (χ1v) is 17.9. The van der Waals surface area contributed by atoms with Crippen LogP contribution in [0.5, 0.6) is 5.75 Å². The SMILES string of the molecule is CCCCCCCCCCCOc1cccc(CCC(=O)NC[C@@H](O)COP(=O)(O)OC[C@H](NC(=O)c2ccc(C)cc2)C(=O)O)c1. The third kappa shape index (κ3) is 18.0. The molecular weight excluding hydrogens is 627 g/mol. The highest BCUT2D eigenvalue weighted by Crippen LogP contribution is 2.43. The highest BCUT2D eigenvalue weighted by atomic mass is 31.2. The molecule has 2 aromatic carbocycles. The first kappa shape index (κ1) is 39.9. The molecule has 12 nitrogen and oxygen atoms in total. The summed E-state index contributed by atoms with van der Waals surface area (Å²) in [5.41, 5.74) is 2.05. The Labute approximate surface area is 277 Å². The second-order valence-electron chi connectivity index (χ2n) is 11.6. The van der Waals surface area contributed by atoms with Crippen molar-refractivity contribution in [1.82, 2.24) is 10.6 Å². The van der Waals surface area contributed by atoms with Crippen LogP contribution in [0.2, 0.25) is 0 Å². The molecule has 2 rings (SSSR count). The second-order valence-corrected chi connectivity index (χ2v) is 13.0. The van der Waals surface area contributed by atoms with E-state index in [4.69, 9.17) is 13.8 Å². The molecule has 0 aliphatic carbocycles. The fraction of sp³-hybridized carbons (Fsp3) is 0.559. The number of phosphoric ester groups is 1. The average molecular weight is 679 g/mol. The molecule has 0 saturated carbocycles. The molecule has 1 unspecified atom stereocenters. The van der Waals surface area contributed by atoms with Gasteiger partial charge in [0.05, 0.1) is 25.9 Å². The Bertz CT molecular complexity index is 1270. The molecule has 0 aliphatic rings. The van der Waals surface area contributed by atoms with E-state index in [-0.39, 0.29) is 24.4 Å². The zero-order valence-electron chi connectivity index (χ0n) is 27.5. The number of unbranched alkanes of at least 4 members (excludes halogenated alkanes) is 8. The summed E-state index contributed by atoms with van der Waals surface area (Å²) in [7, 11) is -4.79. The minimum Gasteiger partial charge on any atom is -0.494 e. The normalized spacial score (nSPS) is 13.7. The summed E-state index contributed by atoms with van der Waals surface area (Å²) >= 11 is 0. The maximum atomic E-state index is 12.3. The Morgan fingerprint density at radius 3 is 2.19 bits per heavy atom. The van der Waals surface area contributed by atoms with Gasteiger partial charge in [-0.2, -0.15) is 0 Å². The zero-order chi connectivity index (χ0) is 34.5. The number of carbonyl (C=O) groups is 3. The van der Waals surface area contributed by atoms with Crippen LogP contribution in [0.15, 0.2) is 48.5 Å². The lowest BCUT2D eigenvalue weighted by atomic mass is 10.1. The molecule has 5 N–H and O–H groups in total. The molecule has 0 heterocycles. The number of carboxylic acids is 1. The Morgan fingerprint density at radius 2 is 1.53 bits per heavy atom. The fourth-order valence-electron chi connectivity index (χ4n) is 4.54. The molecule has 2 aromatic rings. The standard InChI is InChI=1S/C34H51N2O10P/c1-3-4-5-6-7-8-9-10-11-21-44-30-14-12-13-27(22-30)17-20-32(38)35-23-29(37)24-45-47(42,43)46-25-31(34(40)41)36-33(39)28-18-15-26(2)16-19-28/h12-16,18-19,22,29,31,37H,3-11,17,20-21,23-25H2,1-2H3,(H,35,38)(H,36,39)(H,40,41)(H,42,43)/t29-,31+/m1/s1. The van der Waals surface area contributed by atoms with Crippen molar-refractivity contribution in [1.29, 1.82) is 0 Å². The zero-order valence-corrected chi connectivity index (χ0v) is 28.4. The molecule has 3 atom stereocenters. The van der Waals surface area contributed by atoms with Crippen LogP contribution in [-0.2, 0) is 29.6 Å². The van der Waals surface area contributed by atoms with Crippen LogP contribution < -0.4 is 15.4 Å². The maximum Gasteiger partial charge on any atom is 0.472 e. The van der Waals surface area contributed by atoms with Gasteiger partial charge < -0.3 is 30.5 Å². The van der Waals surface area contributed by atoms with E-state index in [9.17, 15) is 34.1 Å². The molecule has 0 saturated heterocycles. The molecule has 0 fully saturated rings. The van der Waals surface area contributed by atoms with Crippen LogP contribution in [0.25, 0.3) is 0 Å². The van der Waals surface area contributed by atoms with E-state index in [0.29, 0.717) is 13.0 Å². The van der Waals surface area contributed by atoms with Crippen molar-refractivity contribution in [3.8, 4) is 5.75 Å². The Morgan fingerprint density at radius 1 is 0.894 bits per heavy atom. The number of aliphatic hydroxyl groups is 1.